The van der Waals surface area contributed by atoms with Crippen molar-refractivity contribution >= 4 is 0 Å². The largest absolute Gasteiger partial charge is 0.316 e. The van der Waals surface area contributed by atoms with E-state index in [-0.39, 0.29) is 0 Å². The highest BCUT2D eigenvalue weighted by Crippen LogP contribution is 2.26. The first kappa shape index (κ1) is 15.2. The van der Waals surface area contributed by atoms with Gasteiger partial charge in [-0.2, -0.15) is 0 Å². The van der Waals surface area contributed by atoms with Crippen molar-refractivity contribution in [2.24, 2.45) is 5.41 Å². The van der Waals surface area contributed by atoms with Gasteiger partial charge < -0.3 is 5.32 Å². The first-order valence-corrected chi connectivity index (χ1v) is 7.30. The van der Waals surface area contributed by atoms with Crippen molar-refractivity contribution in [1.29, 1.82) is 0 Å². The number of hydrogen-bond acceptors (Lipinski definition) is 1. The summed E-state index contributed by atoms with van der Waals surface area (Å²) in [5.41, 5.74) is 3.26. The lowest BCUT2D eigenvalue weighted by Gasteiger charge is -2.29. The van der Waals surface area contributed by atoms with Crippen LogP contribution in [0.2, 0.25) is 0 Å². The standard InChI is InChI=1S/C17H29N/c1-6-17(5,13-18-7-2)12-15-8-10-16(11-9-15)14(3)4/h8-11,14,18H,6-7,12-13H2,1-5H3. The van der Waals surface area contributed by atoms with Crippen molar-refractivity contribution in [1.82, 2.24) is 5.32 Å². The lowest BCUT2D eigenvalue weighted by Crippen LogP contribution is -2.33. The second kappa shape index (κ2) is 6.94. The molecule has 0 radical (unpaired) electrons. The van der Waals surface area contributed by atoms with Gasteiger partial charge in [-0.15, -0.1) is 0 Å². The highest BCUT2D eigenvalue weighted by Gasteiger charge is 2.21. The molecule has 0 aliphatic rings. The molecule has 0 saturated heterocycles. The second-order valence-corrected chi connectivity index (χ2v) is 6.02. The van der Waals surface area contributed by atoms with Crippen molar-refractivity contribution in [3.8, 4) is 0 Å². The number of nitrogens with one attached hydrogen (secondary N) is 1. The molecule has 0 fully saturated rings. The van der Waals surface area contributed by atoms with Gasteiger partial charge in [-0.05, 0) is 41.8 Å². The van der Waals surface area contributed by atoms with Gasteiger partial charge in [0.1, 0.15) is 0 Å². The predicted octanol–water partition coefficient (Wildman–Crippen LogP) is 4.38. The third-order valence-electron chi connectivity index (χ3n) is 3.93. The highest BCUT2D eigenvalue weighted by atomic mass is 14.9. The average molecular weight is 247 g/mol. The van der Waals surface area contributed by atoms with Crippen LogP contribution in [-0.2, 0) is 6.42 Å². The summed E-state index contributed by atoms with van der Waals surface area (Å²) in [6.07, 6.45) is 2.38. The van der Waals surface area contributed by atoms with Crippen molar-refractivity contribution in [2.45, 2.75) is 53.4 Å². The van der Waals surface area contributed by atoms with E-state index in [0.29, 0.717) is 11.3 Å². The lowest BCUT2D eigenvalue weighted by molar-refractivity contribution is 0.293. The van der Waals surface area contributed by atoms with Crippen LogP contribution in [0.5, 0.6) is 0 Å². The molecule has 0 bridgehead atoms. The van der Waals surface area contributed by atoms with E-state index < -0.39 is 0 Å². The molecule has 1 atom stereocenters. The van der Waals surface area contributed by atoms with Crippen molar-refractivity contribution in [3.05, 3.63) is 35.4 Å². The van der Waals surface area contributed by atoms with E-state index in [9.17, 15) is 0 Å². The van der Waals surface area contributed by atoms with Crippen LogP contribution < -0.4 is 5.32 Å². The normalized spacial score (nSPS) is 14.8. The number of hydrogen-bond donors (Lipinski definition) is 1. The molecule has 18 heavy (non-hydrogen) atoms. The minimum atomic E-state index is 0.370. The summed E-state index contributed by atoms with van der Waals surface area (Å²) >= 11 is 0. The quantitative estimate of drug-likeness (QED) is 0.754. The minimum Gasteiger partial charge on any atom is -0.316 e. The summed E-state index contributed by atoms with van der Waals surface area (Å²) in [5.74, 6) is 0.623. The van der Waals surface area contributed by atoms with Gasteiger partial charge in [0.2, 0.25) is 0 Å². The zero-order chi connectivity index (χ0) is 13.6. The van der Waals surface area contributed by atoms with E-state index in [2.05, 4.69) is 64.2 Å². The van der Waals surface area contributed by atoms with E-state index >= 15 is 0 Å². The Bertz CT molecular complexity index is 339. The molecule has 1 heteroatoms. The topological polar surface area (TPSA) is 12.0 Å². The molecule has 0 aliphatic carbocycles. The molecule has 1 N–H and O–H groups in total. The first-order valence-electron chi connectivity index (χ1n) is 7.30. The highest BCUT2D eigenvalue weighted by molar-refractivity contribution is 5.25. The van der Waals surface area contributed by atoms with E-state index in [1.165, 1.54) is 17.5 Å². The van der Waals surface area contributed by atoms with Crippen LogP contribution in [0.25, 0.3) is 0 Å². The molecule has 1 aromatic rings. The molecule has 1 nitrogen and oxygen atoms in total. The summed E-state index contributed by atoms with van der Waals surface area (Å²) in [7, 11) is 0. The first-order chi connectivity index (χ1) is 8.50. The van der Waals surface area contributed by atoms with Crippen molar-refractivity contribution < 1.29 is 0 Å². The van der Waals surface area contributed by atoms with E-state index in [1.807, 2.05) is 0 Å². The predicted molar refractivity (Wildman–Crippen MR) is 81.2 cm³/mol. The Balaban J connectivity index is 2.69. The third kappa shape index (κ3) is 4.45. The molecule has 1 rings (SSSR count). The maximum absolute atomic E-state index is 3.49. The van der Waals surface area contributed by atoms with Gasteiger partial charge in [0, 0.05) is 6.54 Å². The number of rotatable bonds is 7. The van der Waals surface area contributed by atoms with Crippen molar-refractivity contribution in [3.63, 3.8) is 0 Å². The number of benzene rings is 1. The summed E-state index contributed by atoms with van der Waals surface area (Å²) in [5, 5.41) is 3.49. The molecular weight excluding hydrogens is 218 g/mol. The van der Waals surface area contributed by atoms with Crippen LogP contribution in [0.15, 0.2) is 24.3 Å². The Hall–Kier alpha value is -0.820. The Morgan fingerprint density at radius 2 is 1.72 bits per heavy atom. The van der Waals surface area contributed by atoms with Crippen LogP contribution in [0.4, 0.5) is 0 Å². The van der Waals surface area contributed by atoms with Gasteiger partial charge in [-0.25, -0.2) is 0 Å². The maximum atomic E-state index is 3.49. The van der Waals surface area contributed by atoms with E-state index in [1.54, 1.807) is 0 Å². The molecule has 1 unspecified atom stereocenters. The lowest BCUT2D eigenvalue weighted by atomic mass is 9.81. The van der Waals surface area contributed by atoms with Gasteiger partial charge >= 0.3 is 0 Å². The zero-order valence-corrected chi connectivity index (χ0v) is 12.7. The van der Waals surface area contributed by atoms with Gasteiger partial charge in [0.15, 0.2) is 0 Å². The second-order valence-electron chi connectivity index (χ2n) is 6.02. The van der Waals surface area contributed by atoms with Gasteiger partial charge in [0.25, 0.3) is 0 Å². The molecular formula is C17H29N. The molecule has 0 aliphatic heterocycles. The molecule has 0 spiro atoms. The molecule has 0 aromatic heterocycles. The summed E-state index contributed by atoms with van der Waals surface area (Å²) < 4.78 is 0. The fourth-order valence-corrected chi connectivity index (χ4v) is 2.25. The van der Waals surface area contributed by atoms with Crippen molar-refractivity contribution in [2.75, 3.05) is 13.1 Å². The smallest absolute Gasteiger partial charge is 0.000813 e. The van der Waals surface area contributed by atoms with Gasteiger partial charge in [-0.1, -0.05) is 58.9 Å². The Kier molecular flexibility index (Phi) is 5.87. The van der Waals surface area contributed by atoms with E-state index in [0.717, 1.165) is 19.5 Å². The monoisotopic (exact) mass is 247 g/mol. The SMILES string of the molecule is CCNCC(C)(CC)Cc1ccc(C(C)C)cc1. The summed E-state index contributed by atoms with van der Waals surface area (Å²) in [4.78, 5) is 0. The third-order valence-corrected chi connectivity index (χ3v) is 3.93. The van der Waals surface area contributed by atoms with Crippen LogP contribution in [0.3, 0.4) is 0 Å². The average Bonchev–Trinajstić information content (AvgIpc) is 2.37. The van der Waals surface area contributed by atoms with Crippen LogP contribution in [-0.4, -0.2) is 13.1 Å². The van der Waals surface area contributed by atoms with Crippen LogP contribution in [0, 0.1) is 5.41 Å². The zero-order valence-electron chi connectivity index (χ0n) is 12.7. The molecule has 0 heterocycles. The van der Waals surface area contributed by atoms with Crippen LogP contribution >= 0.6 is 0 Å². The minimum absolute atomic E-state index is 0.370. The summed E-state index contributed by atoms with van der Waals surface area (Å²) in [6.45, 7) is 13.5. The fourth-order valence-electron chi connectivity index (χ4n) is 2.25. The molecule has 1 aromatic carbocycles. The van der Waals surface area contributed by atoms with Crippen LogP contribution in [0.1, 0.15) is 58.1 Å². The Morgan fingerprint density at radius 1 is 1.11 bits per heavy atom. The Labute approximate surface area is 113 Å². The summed E-state index contributed by atoms with van der Waals surface area (Å²) in [6, 6.07) is 9.16. The molecule has 102 valence electrons. The fraction of sp³-hybridized carbons (Fsp3) is 0.647. The van der Waals surface area contributed by atoms with Gasteiger partial charge in [-0.3, -0.25) is 0 Å². The molecule has 0 saturated carbocycles. The van der Waals surface area contributed by atoms with Gasteiger partial charge in [0.05, 0.1) is 0 Å². The maximum Gasteiger partial charge on any atom is 0.000813 e. The Morgan fingerprint density at radius 3 is 2.17 bits per heavy atom. The molecule has 0 amide bonds. The van der Waals surface area contributed by atoms with E-state index in [4.69, 9.17) is 0 Å².